The molecule has 0 bridgehead atoms. The second-order valence-corrected chi connectivity index (χ2v) is 7.70. The Kier molecular flexibility index (Phi) is 4.94. The number of nitrogens with one attached hydrogen (secondary N) is 1. The molecule has 1 heterocycles. The first-order valence-corrected chi connectivity index (χ1v) is 9.48. The summed E-state index contributed by atoms with van der Waals surface area (Å²) in [6, 6.07) is 6.98. The number of aromatic nitrogens is 1. The summed E-state index contributed by atoms with van der Waals surface area (Å²) < 4.78 is 46.3. The number of hydrogen-bond donors (Lipinski definition) is 2. The Morgan fingerprint density at radius 3 is 2.66 bits per heavy atom. The minimum atomic E-state index is -4.75. The van der Waals surface area contributed by atoms with Crippen LogP contribution in [-0.4, -0.2) is 16.1 Å². The van der Waals surface area contributed by atoms with Gasteiger partial charge in [-0.05, 0) is 66.6 Å². The second-order valence-electron chi connectivity index (χ2n) is 7.29. The average molecular weight is 424 g/mol. The summed E-state index contributed by atoms with van der Waals surface area (Å²) in [5.74, 6) is -0.893. The third kappa shape index (κ3) is 4.34. The Morgan fingerprint density at radius 2 is 2.00 bits per heavy atom. The monoisotopic (exact) mass is 423 g/mol. The normalized spacial score (nSPS) is 14.3. The minimum absolute atomic E-state index is 0.0463. The van der Waals surface area contributed by atoms with E-state index in [-0.39, 0.29) is 16.3 Å². The number of aliphatic carboxylic acids is 1. The van der Waals surface area contributed by atoms with Crippen LogP contribution in [0.5, 0.6) is 11.5 Å². The predicted molar refractivity (Wildman–Crippen MR) is 103 cm³/mol. The molecule has 4 rings (SSSR count). The molecular formula is C21H17ClF3NO3. The number of ether oxygens (including phenoxy) is 1. The van der Waals surface area contributed by atoms with Crippen LogP contribution in [0.4, 0.5) is 13.2 Å². The van der Waals surface area contributed by atoms with E-state index in [2.05, 4.69) is 4.98 Å². The lowest BCUT2D eigenvalue weighted by Gasteiger charge is -2.17. The highest BCUT2D eigenvalue weighted by Crippen LogP contribution is 2.44. The lowest BCUT2D eigenvalue weighted by Crippen LogP contribution is -2.10. The third-order valence-electron chi connectivity index (χ3n) is 4.93. The standard InChI is InChI=1S/C21H17ClF3NO3/c22-17-7-12(8-19(27)28)6-16(21(23,24)25)20(17)29-14-3-4-18-15(9-14)13(10-26-18)5-11-1-2-11/h3-4,6-7,9-11,26H,1-2,5,8H2,(H,27,28). The van der Waals surface area contributed by atoms with Crippen molar-refractivity contribution in [3.8, 4) is 11.5 Å². The zero-order chi connectivity index (χ0) is 20.8. The van der Waals surface area contributed by atoms with Gasteiger partial charge in [0.05, 0.1) is 17.0 Å². The van der Waals surface area contributed by atoms with Gasteiger partial charge in [0.1, 0.15) is 5.75 Å². The van der Waals surface area contributed by atoms with Crippen molar-refractivity contribution in [1.29, 1.82) is 0 Å². The van der Waals surface area contributed by atoms with Crippen LogP contribution in [0.3, 0.4) is 0 Å². The van der Waals surface area contributed by atoms with Gasteiger partial charge in [0.2, 0.25) is 0 Å². The lowest BCUT2D eigenvalue weighted by atomic mass is 10.1. The number of alkyl halides is 3. The van der Waals surface area contributed by atoms with E-state index < -0.39 is 29.9 Å². The third-order valence-corrected chi connectivity index (χ3v) is 5.21. The van der Waals surface area contributed by atoms with E-state index in [9.17, 15) is 18.0 Å². The van der Waals surface area contributed by atoms with Gasteiger partial charge >= 0.3 is 12.1 Å². The highest BCUT2D eigenvalue weighted by molar-refractivity contribution is 6.32. The summed E-state index contributed by atoms with van der Waals surface area (Å²) >= 11 is 6.06. The predicted octanol–water partition coefficient (Wildman–Crippen LogP) is 6.21. The van der Waals surface area contributed by atoms with Gasteiger partial charge in [-0.3, -0.25) is 4.79 Å². The van der Waals surface area contributed by atoms with E-state index in [1.165, 1.54) is 18.9 Å². The minimum Gasteiger partial charge on any atom is -0.481 e. The van der Waals surface area contributed by atoms with E-state index in [4.69, 9.17) is 21.4 Å². The van der Waals surface area contributed by atoms with Crippen molar-refractivity contribution in [3.63, 3.8) is 0 Å². The number of aromatic amines is 1. The maximum absolute atomic E-state index is 13.6. The molecule has 0 saturated heterocycles. The topological polar surface area (TPSA) is 62.3 Å². The van der Waals surface area contributed by atoms with E-state index in [0.29, 0.717) is 5.92 Å². The zero-order valence-corrected chi connectivity index (χ0v) is 15.9. The molecule has 1 aliphatic carbocycles. The smallest absolute Gasteiger partial charge is 0.420 e. The SMILES string of the molecule is O=C(O)Cc1cc(Cl)c(Oc2ccc3[nH]cc(CC4CC4)c3c2)c(C(F)(F)F)c1. The molecule has 4 nitrogen and oxygen atoms in total. The van der Waals surface area contributed by atoms with E-state index in [1.54, 1.807) is 18.2 Å². The highest BCUT2D eigenvalue weighted by atomic mass is 35.5. The summed E-state index contributed by atoms with van der Waals surface area (Å²) in [5.41, 5.74) is 0.836. The van der Waals surface area contributed by atoms with E-state index in [1.807, 2.05) is 6.20 Å². The number of carbonyl (C=O) groups is 1. The molecule has 0 amide bonds. The Labute approximate surface area is 169 Å². The van der Waals surface area contributed by atoms with Crippen LogP contribution in [0.2, 0.25) is 5.02 Å². The quantitative estimate of drug-likeness (QED) is 0.495. The number of hydrogen-bond acceptors (Lipinski definition) is 2. The molecule has 0 radical (unpaired) electrons. The van der Waals surface area contributed by atoms with Crippen molar-refractivity contribution in [1.82, 2.24) is 4.98 Å². The van der Waals surface area contributed by atoms with Gasteiger partial charge < -0.3 is 14.8 Å². The maximum Gasteiger partial charge on any atom is 0.420 e. The van der Waals surface area contributed by atoms with Crippen LogP contribution in [0.25, 0.3) is 10.9 Å². The van der Waals surface area contributed by atoms with Crippen molar-refractivity contribution >= 4 is 28.5 Å². The molecule has 2 aromatic carbocycles. The average Bonchev–Trinajstić information content (AvgIpc) is 3.35. The van der Waals surface area contributed by atoms with Gasteiger partial charge in [0, 0.05) is 17.1 Å². The van der Waals surface area contributed by atoms with Crippen LogP contribution in [-0.2, 0) is 23.8 Å². The Balaban J connectivity index is 1.71. The molecule has 152 valence electrons. The van der Waals surface area contributed by atoms with Crippen LogP contribution in [0.1, 0.15) is 29.5 Å². The molecule has 0 spiro atoms. The maximum atomic E-state index is 13.6. The Bertz CT molecular complexity index is 1090. The molecule has 0 unspecified atom stereocenters. The van der Waals surface area contributed by atoms with E-state index in [0.717, 1.165) is 29.0 Å². The lowest BCUT2D eigenvalue weighted by molar-refractivity contribution is -0.139. The molecule has 1 aromatic heterocycles. The molecular weight excluding hydrogens is 407 g/mol. The molecule has 0 atom stereocenters. The summed E-state index contributed by atoms with van der Waals surface area (Å²) in [6.07, 6.45) is -0.0958. The zero-order valence-electron chi connectivity index (χ0n) is 15.1. The van der Waals surface area contributed by atoms with Gasteiger partial charge in [-0.15, -0.1) is 0 Å². The van der Waals surface area contributed by atoms with Crippen molar-refractivity contribution in [2.24, 2.45) is 5.92 Å². The van der Waals surface area contributed by atoms with E-state index >= 15 is 0 Å². The van der Waals surface area contributed by atoms with Gasteiger partial charge in [-0.2, -0.15) is 13.2 Å². The largest absolute Gasteiger partial charge is 0.481 e. The fourth-order valence-electron chi connectivity index (χ4n) is 3.38. The number of H-pyrrole nitrogens is 1. The fraction of sp³-hybridized carbons (Fsp3) is 0.286. The number of rotatable bonds is 6. The highest BCUT2D eigenvalue weighted by Gasteiger charge is 2.36. The second kappa shape index (κ2) is 7.30. The number of carboxylic acid groups (broad SMARTS) is 1. The van der Waals surface area contributed by atoms with Crippen molar-refractivity contribution in [3.05, 3.63) is 58.2 Å². The van der Waals surface area contributed by atoms with Crippen molar-refractivity contribution in [2.75, 3.05) is 0 Å². The summed E-state index contributed by atoms with van der Waals surface area (Å²) in [5, 5.41) is 9.49. The van der Waals surface area contributed by atoms with Crippen LogP contribution < -0.4 is 4.74 Å². The number of carboxylic acids is 1. The fourth-order valence-corrected chi connectivity index (χ4v) is 3.66. The molecule has 1 saturated carbocycles. The molecule has 3 aromatic rings. The number of benzene rings is 2. The van der Waals surface area contributed by atoms with Gasteiger partial charge in [-0.1, -0.05) is 11.6 Å². The van der Waals surface area contributed by atoms with Crippen molar-refractivity contribution in [2.45, 2.75) is 31.9 Å². The first-order valence-electron chi connectivity index (χ1n) is 9.10. The van der Waals surface area contributed by atoms with Crippen LogP contribution >= 0.6 is 11.6 Å². The number of halogens is 4. The molecule has 0 aliphatic heterocycles. The van der Waals surface area contributed by atoms with Crippen LogP contribution in [0.15, 0.2) is 36.5 Å². The summed E-state index contributed by atoms with van der Waals surface area (Å²) in [6.45, 7) is 0. The number of fused-ring (bicyclic) bond motifs is 1. The Morgan fingerprint density at radius 1 is 1.24 bits per heavy atom. The molecule has 29 heavy (non-hydrogen) atoms. The van der Waals surface area contributed by atoms with Crippen LogP contribution in [0, 0.1) is 5.92 Å². The molecule has 8 heteroatoms. The summed E-state index contributed by atoms with van der Waals surface area (Å²) in [4.78, 5) is 14.0. The molecule has 2 N–H and O–H groups in total. The van der Waals surface area contributed by atoms with Gasteiger partial charge in [-0.25, -0.2) is 0 Å². The van der Waals surface area contributed by atoms with Gasteiger partial charge in [0.25, 0.3) is 0 Å². The van der Waals surface area contributed by atoms with Crippen molar-refractivity contribution < 1.29 is 27.8 Å². The van der Waals surface area contributed by atoms with Gasteiger partial charge in [0.15, 0.2) is 5.75 Å². The summed E-state index contributed by atoms with van der Waals surface area (Å²) in [7, 11) is 0. The first-order chi connectivity index (χ1) is 13.7. The first kappa shape index (κ1) is 19.6. The molecule has 1 aliphatic rings. The molecule has 1 fully saturated rings. The Hall–Kier alpha value is -2.67.